The van der Waals surface area contributed by atoms with Gasteiger partial charge in [-0.25, -0.2) is 0 Å². The highest BCUT2D eigenvalue weighted by molar-refractivity contribution is 8.18. The first-order chi connectivity index (χ1) is 16.7. The third-order valence-corrected chi connectivity index (χ3v) is 7.45. The van der Waals surface area contributed by atoms with E-state index in [0.717, 1.165) is 28.5 Å². The van der Waals surface area contributed by atoms with E-state index in [4.69, 9.17) is 8.92 Å². The summed E-state index contributed by atoms with van der Waals surface area (Å²) in [6.45, 7) is 4.00. The molecule has 35 heavy (non-hydrogen) atoms. The predicted molar refractivity (Wildman–Crippen MR) is 135 cm³/mol. The fourth-order valence-electron chi connectivity index (χ4n) is 3.49. The summed E-state index contributed by atoms with van der Waals surface area (Å²) in [7, 11) is -2.67. The molecule has 0 aliphatic carbocycles. The Morgan fingerprint density at radius 1 is 0.914 bits per heavy atom. The predicted octanol–water partition coefficient (Wildman–Crippen LogP) is 5.32. The molecule has 180 valence electrons. The number of methoxy groups -OCH3 is 1. The first kappa shape index (κ1) is 24.6. The van der Waals surface area contributed by atoms with Crippen LogP contribution in [0, 0.1) is 13.8 Å². The Morgan fingerprint density at radius 2 is 1.66 bits per heavy atom. The Kier molecular flexibility index (Phi) is 7.00. The van der Waals surface area contributed by atoms with Gasteiger partial charge in [0, 0.05) is 0 Å². The van der Waals surface area contributed by atoms with Gasteiger partial charge in [-0.05, 0) is 67.1 Å². The fourth-order valence-corrected chi connectivity index (χ4v) is 5.27. The van der Waals surface area contributed by atoms with Crippen molar-refractivity contribution in [2.75, 3.05) is 7.11 Å². The molecule has 0 N–H and O–H groups in total. The van der Waals surface area contributed by atoms with Crippen molar-refractivity contribution >= 4 is 39.1 Å². The van der Waals surface area contributed by atoms with Crippen molar-refractivity contribution in [1.29, 1.82) is 0 Å². The SMILES string of the molecule is COc1cc(/C=C2\SC(=O)N(Cc3cccc(C)c3)C2=O)ccc1OS(=O)(=O)c1ccc(C)cc1. The topological polar surface area (TPSA) is 90.0 Å². The molecule has 1 aliphatic heterocycles. The molecule has 9 heteroatoms. The number of imide groups is 1. The van der Waals surface area contributed by atoms with E-state index in [1.165, 1.54) is 30.2 Å². The maximum atomic E-state index is 12.9. The lowest BCUT2D eigenvalue weighted by molar-refractivity contribution is -0.123. The van der Waals surface area contributed by atoms with Crippen LogP contribution in [-0.4, -0.2) is 31.6 Å². The molecule has 0 spiro atoms. The van der Waals surface area contributed by atoms with E-state index in [0.29, 0.717) is 5.56 Å². The lowest BCUT2D eigenvalue weighted by Gasteiger charge is -2.13. The van der Waals surface area contributed by atoms with Crippen LogP contribution in [0.4, 0.5) is 4.79 Å². The monoisotopic (exact) mass is 509 g/mol. The van der Waals surface area contributed by atoms with Gasteiger partial charge in [0.25, 0.3) is 11.1 Å². The lowest BCUT2D eigenvalue weighted by atomic mass is 10.1. The number of ether oxygens (including phenoxy) is 1. The van der Waals surface area contributed by atoms with Gasteiger partial charge in [0.2, 0.25) is 0 Å². The third-order valence-electron chi connectivity index (χ3n) is 5.29. The second-order valence-corrected chi connectivity index (χ2v) is 10.6. The minimum atomic E-state index is -4.06. The van der Waals surface area contributed by atoms with Gasteiger partial charge in [0.05, 0.1) is 18.6 Å². The molecular weight excluding hydrogens is 486 g/mol. The van der Waals surface area contributed by atoms with Crippen LogP contribution in [0.5, 0.6) is 11.5 Å². The highest BCUT2D eigenvalue weighted by Gasteiger charge is 2.35. The molecule has 0 radical (unpaired) electrons. The number of benzene rings is 3. The van der Waals surface area contributed by atoms with E-state index in [9.17, 15) is 18.0 Å². The number of nitrogens with zero attached hydrogens (tertiary/aromatic N) is 1. The van der Waals surface area contributed by atoms with Gasteiger partial charge in [-0.2, -0.15) is 8.42 Å². The summed E-state index contributed by atoms with van der Waals surface area (Å²) >= 11 is 0.857. The molecule has 1 aliphatic rings. The van der Waals surface area contributed by atoms with Crippen LogP contribution < -0.4 is 8.92 Å². The Morgan fingerprint density at radius 3 is 2.34 bits per heavy atom. The van der Waals surface area contributed by atoms with E-state index in [2.05, 4.69) is 0 Å². The molecule has 1 saturated heterocycles. The number of amides is 2. The van der Waals surface area contributed by atoms with Gasteiger partial charge in [0.15, 0.2) is 11.5 Å². The van der Waals surface area contributed by atoms with E-state index in [1.54, 1.807) is 30.3 Å². The van der Waals surface area contributed by atoms with Gasteiger partial charge in [-0.15, -0.1) is 0 Å². The largest absolute Gasteiger partial charge is 0.493 e. The maximum absolute atomic E-state index is 12.9. The van der Waals surface area contributed by atoms with E-state index < -0.39 is 10.1 Å². The van der Waals surface area contributed by atoms with Crippen LogP contribution in [0.15, 0.2) is 76.5 Å². The molecular formula is C26H23NO6S2. The van der Waals surface area contributed by atoms with Crippen molar-refractivity contribution in [3.63, 3.8) is 0 Å². The second-order valence-electron chi connectivity index (χ2n) is 8.02. The molecule has 0 unspecified atom stereocenters. The molecule has 7 nitrogen and oxygen atoms in total. The van der Waals surface area contributed by atoms with Gasteiger partial charge in [0.1, 0.15) is 4.90 Å². The number of hydrogen-bond acceptors (Lipinski definition) is 7. The number of carbonyl (C=O) groups excluding carboxylic acids is 2. The van der Waals surface area contributed by atoms with Crippen LogP contribution in [-0.2, 0) is 21.5 Å². The quantitative estimate of drug-likeness (QED) is 0.315. The highest BCUT2D eigenvalue weighted by atomic mass is 32.2. The average Bonchev–Trinajstić information content (AvgIpc) is 3.07. The summed E-state index contributed by atoms with van der Waals surface area (Å²) in [6.07, 6.45) is 1.57. The second kappa shape index (κ2) is 9.97. The molecule has 2 amide bonds. The zero-order valence-corrected chi connectivity index (χ0v) is 21.0. The van der Waals surface area contributed by atoms with Gasteiger partial charge < -0.3 is 8.92 Å². The van der Waals surface area contributed by atoms with E-state index >= 15 is 0 Å². The lowest BCUT2D eigenvalue weighted by Crippen LogP contribution is -2.27. The van der Waals surface area contributed by atoms with Crippen LogP contribution in [0.2, 0.25) is 0 Å². The summed E-state index contributed by atoms with van der Waals surface area (Å²) in [5, 5.41) is -0.348. The van der Waals surface area contributed by atoms with Crippen molar-refractivity contribution in [3.05, 3.63) is 93.9 Å². The molecule has 1 heterocycles. The van der Waals surface area contributed by atoms with Crippen molar-refractivity contribution < 1.29 is 26.9 Å². The van der Waals surface area contributed by atoms with Crippen LogP contribution in [0.3, 0.4) is 0 Å². The van der Waals surface area contributed by atoms with Crippen LogP contribution in [0.25, 0.3) is 6.08 Å². The first-order valence-corrected chi connectivity index (χ1v) is 12.9. The van der Waals surface area contributed by atoms with Gasteiger partial charge >= 0.3 is 10.1 Å². The molecule has 0 saturated carbocycles. The minimum absolute atomic E-state index is 0.0118. The number of hydrogen-bond donors (Lipinski definition) is 0. The average molecular weight is 510 g/mol. The molecule has 3 aromatic rings. The van der Waals surface area contributed by atoms with Crippen molar-refractivity contribution in [2.45, 2.75) is 25.3 Å². The Hall–Kier alpha value is -3.56. The Bertz CT molecular complexity index is 1430. The number of carbonyl (C=O) groups is 2. The summed E-state index contributed by atoms with van der Waals surface area (Å²) in [6, 6.07) is 18.5. The van der Waals surface area contributed by atoms with E-state index in [1.807, 2.05) is 38.1 Å². The fraction of sp³-hybridized carbons (Fsp3) is 0.154. The van der Waals surface area contributed by atoms with Gasteiger partial charge in [-0.1, -0.05) is 53.6 Å². The Labute approximate surface area is 208 Å². The summed E-state index contributed by atoms with van der Waals surface area (Å²) in [5.74, 6) is -0.200. The van der Waals surface area contributed by atoms with Crippen molar-refractivity contribution in [1.82, 2.24) is 4.90 Å². The zero-order chi connectivity index (χ0) is 25.2. The molecule has 4 rings (SSSR count). The molecule has 0 bridgehead atoms. The summed E-state index contributed by atoms with van der Waals surface area (Å²) in [5.41, 5.74) is 3.40. The molecule has 0 aromatic heterocycles. The zero-order valence-electron chi connectivity index (χ0n) is 19.3. The van der Waals surface area contributed by atoms with Crippen LogP contribution in [0.1, 0.15) is 22.3 Å². The molecule has 3 aromatic carbocycles. The summed E-state index contributed by atoms with van der Waals surface area (Å²) in [4.78, 5) is 26.9. The smallest absolute Gasteiger partial charge is 0.339 e. The third kappa shape index (κ3) is 5.58. The maximum Gasteiger partial charge on any atom is 0.339 e. The Balaban J connectivity index is 1.55. The standard InChI is InChI=1S/C26H23NO6S2/c1-17-7-10-21(11-8-17)35(30,31)33-22-12-9-19(14-23(22)32-3)15-24-25(28)27(26(29)34-24)16-20-6-4-5-18(2)13-20/h4-15H,16H2,1-3H3/b24-15-. The van der Waals surface area contributed by atoms with Gasteiger partial charge in [-0.3, -0.25) is 14.5 Å². The molecule has 1 fully saturated rings. The first-order valence-electron chi connectivity index (χ1n) is 10.7. The summed E-state index contributed by atoms with van der Waals surface area (Å²) < 4.78 is 35.9. The normalized spacial score (nSPS) is 15.1. The number of aryl methyl sites for hydroxylation is 2. The highest BCUT2D eigenvalue weighted by Crippen LogP contribution is 2.36. The number of rotatable bonds is 7. The van der Waals surface area contributed by atoms with Crippen LogP contribution >= 0.6 is 11.8 Å². The van der Waals surface area contributed by atoms with Crippen molar-refractivity contribution in [3.8, 4) is 11.5 Å². The number of thioether (sulfide) groups is 1. The van der Waals surface area contributed by atoms with Crippen molar-refractivity contribution in [2.24, 2.45) is 0 Å². The van der Waals surface area contributed by atoms with E-state index in [-0.39, 0.29) is 39.0 Å². The minimum Gasteiger partial charge on any atom is -0.493 e. The molecule has 0 atom stereocenters.